The Morgan fingerprint density at radius 3 is 2.78 bits per heavy atom. The van der Waals surface area contributed by atoms with Gasteiger partial charge in [0.1, 0.15) is 5.82 Å². The minimum Gasteiger partial charge on any atom is -0.367 e. The monoisotopic (exact) mass is 314 g/mol. The Morgan fingerprint density at radius 1 is 1.26 bits per heavy atom. The number of nitrogens with one attached hydrogen (secondary N) is 2. The summed E-state index contributed by atoms with van der Waals surface area (Å²) in [6.45, 7) is 1.40. The number of carbonyl (C=O) groups is 1. The number of rotatable bonds is 4. The first kappa shape index (κ1) is 15.6. The van der Waals surface area contributed by atoms with E-state index in [0.29, 0.717) is 18.5 Å². The maximum absolute atomic E-state index is 14.6. The second kappa shape index (κ2) is 6.89. The quantitative estimate of drug-likeness (QED) is 0.912. The Bertz CT molecular complexity index is 704. The summed E-state index contributed by atoms with van der Waals surface area (Å²) in [6.07, 6.45) is -0.148. The molecule has 120 valence electrons. The van der Waals surface area contributed by atoms with Crippen molar-refractivity contribution in [3.63, 3.8) is 0 Å². The molecule has 0 spiro atoms. The molecule has 4 nitrogen and oxygen atoms in total. The van der Waals surface area contributed by atoms with Crippen molar-refractivity contribution in [1.82, 2.24) is 5.32 Å². The van der Waals surface area contributed by atoms with E-state index < -0.39 is 6.10 Å². The highest BCUT2D eigenvalue weighted by molar-refractivity contribution is 5.95. The number of methoxy groups -OCH3 is 1. The molecule has 0 aromatic heterocycles. The largest absolute Gasteiger partial charge is 0.367 e. The van der Waals surface area contributed by atoms with Gasteiger partial charge in [0.15, 0.2) is 6.10 Å². The lowest BCUT2D eigenvalue weighted by atomic mass is 9.99. The van der Waals surface area contributed by atoms with E-state index in [1.807, 2.05) is 36.4 Å². The van der Waals surface area contributed by atoms with Gasteiger partial charge >= 0.3 is 0 Å². The summed E-state index contributed by atoms with van der Waals surface area (Å²) in [4.78, 5) is 12.4. The lowest BCUT2D eigenvalue weighted by Gasteiger charge is -2.20. The zero-order valence-corrected chi connectivity index (χ0v) is 12.9. The van der Waals surface area contributed by atoms with E-state index in [1.165, 1.54) is 7.11 Å². The maximum Gasteiger partial charge on any atom is 0.258 e. The van der Waals surface area contributed by atoms with Crippen molar-refractivity contribution >= 4 is 11.6 Å². The number of halogens is 1. The summed E-state index contributed by atoms with van der Waals surface area (Å²) in [5.41, 5.74) is 2.55. The fourth-order valence-electron chi connectivity index (χ4n) is 2.85. The summed E-state index contributed by atoms with van der Waals surface area (Å²) in [5.74, 6) is -0.730. The molecular formula is C18H19FN2O2. The van der Waals surface area contributed by atoms with E-state index >= 15 is 0 Å². The van der Waals surface area contributed by atoms with E-state index in [-0.39, 0.29) is 17.4 Å². The van der Waals surface area contributed by atoms with Crippen LogP contribution in [0.25, 0.3) is 0 Å². The number of benzene rings is 2. The van der Waals surface area contributed by atoms with Gasteiger partial charge in [0.05, 0.1) is 5.69 Å². The predicted molar refractivity (Wildman–Crippen MR) is 86.6 cm³/mol. The Morgan fingerprint density at radius 2 is 2.04 bits per heavy atom. The van der Waals surface area contributed by atoms with Crippen molar-refractivity contribution in [2.75, 3.05) is 19.0 Å². The number of hydrogen-bond donors (Lipinski definition) is 2. The van der Waals surface area contributed by atoms with Gasteiger partial charge in [-0.05, 0) is 35.7 Å². The highest BCUT2D eigenvalue weighted by Crippen LogP contribution is 2.26. The molecular weight excluding hydrogens is 295 g/mol. The number of ether oxygens (including phenoxy) is 1. The van der Waals surface area contributed by atoms with Gasteiger partial charge in [0.25, 0.3) is 5.91 Å². The van der Waals surface area contributed by atoms with Crippen LogP contribution < -0.4 is 10.6 Å². The topological polar surface area (TPSA) is 50.4 Å². The molecule has 2 aromatic carbocycles. The van der Waals surface area contributed by atoms with Gasteiger partial charge in [0.2, 0.25) is 0 Å². The van der Waals surface area contributed by atoms with Crippen LogP contribution in [-0.2, 0) is 22.5 Å². The Labute approximate surface area is 134 Å². The molecule has 3 rings (SSSR count). The first-order valence-corrected chi connectivity index (χ1v) is 7.60. The van der Waals surface area contributed by atoms with Crippen LogP contribution >= 0.6 is 0 Å². The summed E-state index contributed by atoms with van der Waals surface area (Å²) in [6, 6.07) is 12.6. The number of anilines is 1. The highest BCUT2D eigenvalue weighted by atomic mass is 19.1. The van der Waals surface area contributed by atoms with Crippen molar-refractivity contribution in [3.8, 4) is 0 Å². The first-order chi connectivity index (χ1) is 11.2. The van der Waals surface area contributed by atoms with E-state index in [9.17, 15) is 9.18 Å². The van der Waals surface area contributed by atoms with Crippen LogP contribution in [0.5, 0.6) is 0 Å². The molecule has 1 unspecified atom stereocenters. The van der Waals surface area contributed by atoms with Gasteiger partial charge < -0.3 is 15.4 Å². The second-order valence-electron chi connectivity index (χ2n) is 5.51. The van der Waals surface area contributed by atoms with Crippen molar-refractivity contribution in [2.45, 2.75) is 19.1 Å². The highest BCUT2D eigenvalue weighted by Gasteiger charge is 2.23. The molecule has 0 radical (unpaired) electrons. The van der Waals surface area contributed by atoms with E-state index in [0.717, 1.165) is 17.7 Å². The molecule has 1 aliphatic rings. The van der Waals surface area contributed by atoms with Crippen molar-refractivity contribution in [1.29, 1.82) is 0 Å². The minimum absolute atomic E-state index is 0.202. The SMILES string of the molecule is COC(C(=O)Nc1ccc2c(c1F)CCNC2)c1ccccc1. The van der Waals surface area contributed by atoms with Crippen molar-refractivity contribution in [3.05, 3.63) is 65.0 Å². The van der Waals surface area contributed by atoms with Gasteiger partial charge in [-0.2, -0.15) is 0 Å². The van der Waals surface area contributed by atoms with Crippen molar-refractivity contribution < 1.29 is 13.9 Å². The van der Waals surface area contributed by atoms with Gasteiger partial charge in [-0.25, -0.2) is 4.39 Å². The zero-order chi connectivity index (χ0) is 16.2. The van der Waals surface area contributed by atoms with Crippen LogP contribution in [0.15, 0.2) is 42.5 Å². The smallest absolute Gasteiger partial charge is 0.258 e. The average Bonchev–Trinajstić information content (AvgIpc) is 2.59. The molecule has 1 heterocycles. The van der Waals surface area contributed by atoms with E-state index in [4.69, 9.17) is 4.74 Å². The van der Waals surface area contributed by atoms with Gasteiger partial charge in [-0.15, -0.1) is 0 Å². The van der Waals surface area contributed by atoms with Gasteiger partial charge in [0, 0.05) is 13.7 Å². The lowest BCUT2D eigenvalue weighted by molar-refractivity contribution is -0.126. The summed E-state index contributed by atoms with van der Waals surface area (Å²) < 4.78 is 19.9. The molecule has 1 atom stereocenters. The molecule has 2 N–H and O–H groups in total. The molecule has 0 bridgehead atoms. The third-order valence-corrected chi connectivity index (χ3v) is 4.04. The van der Waals surface area contributed by atoms with Crippen LogP contribution in [-0.4, -0.2) is 19.6 Å². The second-order valence-corrected chi connectivity index (χ2v) is 5.51. The molecule has 23 heavy (non-hydrogen) atoms. The first-order valence-electron chi connectivity index (χ1n) is 7.60. The summed E-state index contributed by atoms with van der Waals surface area (Å²) in [5, 5.41) is 5.85. The van der Waals surface area contributed by atoms with Crippen LogP contribution in [0.3, 0.4) is 0 Å². The Balaban J connectivity index is 1.82. The fraction of sp³-hybridized carbons (Fsp3) is 0.278. The number of hydrogen-bond acceptors (Lipinski definition) is 3. The molecule has 0 saturated heterocycles. The van der Waals surface area contributed by atoms with Crippen LogP contribution in [0, 0.1) is 5.82 Å². The number of fused-ring (bicyclic) bond motifs is 1. The molecule has 2 aromatic rings. The molecule has 0 aliphatic carbocycles. The van der Waals surface area contributed by atoms with Gasteiger partial charge in [-0.1, -0.05) is 36.4 Å². The lowest BCUT2D eigenvalue weighted by Crippen LogP contribution is -2.26. The minimum atomic E-state index is -0.770. The Kier molecular flexibility index (Phi) is 4.69. The molecule has 0 fully saturated rings. The maximum atomic E-state index is 14.6. The van der Waals surface area contributed by atoms with Crippen LogP contribution in [0.1, 0.15) is 22.8 Å². The van der Waals surface area contributed by atoms with Gasteiger partial charge in [-0.3, -0.25) is 4.79 Å². The average molecular weight is 314 g/mol. The van der Waals surface area contributed by atoms with Crippen LogP contribution in [0.2, 0.25) is 0 Å². The fourth-order valence-corrected chi connectivity index (χ4v) is 2.85. The summed E-state index contributed by atoms with van der Waals surface area (Å²) >= 11 is 0. The third kappa shape index (κ3) is 3.25. The van der Waals surface area contributed by atoms with Crippen molar-refractivity contribution in [2.24, 2.45) is 0 Å². The van der Waals surface area contributed by atoms with Crippen LogP contribution in [0.4, 0.5) is 10.1 Å². The third-order valence-electron chi connectivity index (χ3n) is 4.04. The molecule has 1 aliphatic heterocycles. The Hall–Kier alpha value is -2.24. The van der Waals surface area contributed by atoms with E-state index in [1.54, 1.807) is 6.07 Å². The zero-order valence-electron chi connectivity index (χ0n) is 12.9. The number of amides is 1. The summed E-state index contributed by atoms with van der Waals surface area (Å²) in [7, 11) is 1.46. The predicted octanol–water partition coefficient (Wildman–Crippen LogP) is 2.80. The standard InChI is InChI=1S/C18H19FN2O2/c1-23-17(12-5-3-2-4-6-12)18(22)21-15-8-7-13-11-20-10-9-14(13)16(15)19/h2-8,17,20H,9-11H2,1H3,(H,21,22). The normalized spacial score (nSPS) is 14.9. The van der Waals surface area contributed by atoms with E-state index in [2.05, 4.69) is 10.6 Å². The molecule has 0 saturated carbocycles. The molecule has 5 heteroatoms. The molecule has 1 amide bonds. The number of carbonyl (C=O) groups excluding carboxylic acids is 1.